The van der Waals surface area contributed by atoms with Crippen molar-refractivity contribution in [1.82, 2.24) is 0 Å². The molecule has 0 saturated carbocycles. The van der Waals surface area contributed by atoms with Gasteiger partial charge in [-0.3, -0.25) is 4.79 Å². The number of hydrogen-bond donors (Lipinski definition) is 1. The van der Waals surface area contributed by atoms with Crippen LogP contribution in [0.2, 0.25) is 0 Å². The van der Waals surface area contributed by atoms with Crippen molar-refractivity contribution in [3.63, 3.8) is 0 Å². The van der Waals surface area contributed by atoms with Crippen molar-refractivity contribution < 1.29 is 13.9 Å². The third-order valence-electron chi connectivity index (χ3n) is 2.27. The smallest absolute Gasteiger partial charge is 0.260 e. The molecule has 18 heavy (non-hydrogen) atoms. The van der Waals surface area contributed by atoms with Crippen LogP contribution in [-0.2, 0) is 0 Å². The van der Waals surface area contributed by atoms with Gasteiger partial charge in [0, 0.05) is 4.47 Å². The second-order valence-electron chi connectivity index (χ2n) is 3.41. The summed E-state index contributed by atoms with van der Waals surface area (Å²) in [6.45, 7) is 0. The minimum absolute atomic E-state index is 0.271. The topological polar surface area (TPSA) is 51.5 Å². The Balaban J connectivity index is 2.27. The molecule has 1 amide bonds. The maximum Gasteiger partial charge on any atom is 0.260 e. The molecular formula is C12H9Br2NO3. The number of ether oxygens (including phenoxy) is 1. The molecule has 1 aromatic heterocycles. The van der Waals surface area contributed by atoms with Crippen LogP contribution in [0.5, 0.6) is 5.75 Å². The van der Waals surface area contributed by atoms with Crippen LogP contribution in [-0.4, -0.2) is 13.0 Å². The number of hydrogen-bond acceptors (Lipinski definition) is 3. The second kappa shape index (κ2) is 5.58. The molecule has 4 nitrogen and oxygen atoms in total. The normalized spacial score (nSPS) is 10.2. The first-order chi connectivity index (χ1) is 8.61. The molecule has 6 heteroatoms. The summed E-state index contributed by atoms with van der Waals surface area (Å²) in [7, 11) is 1.55. The number of nitrogens with one attached hydrogen (secondary N) is 1. The first kappa shape index (κ1) is 13.2. The van der Waals surface area contributed by atoms with Crippen LogP contribution in [0.3, 0.4) is 0 Å². The molecule has 94 valence electrons. The van der Waals surface area contributed by atoms with Crippen molar-refractivity contribution in [3.8, 4) is 5.75 Å². The number of halogens is 2. The number of carbonyl (C=O) groups excluding carboxylic acids is 1. The van der Waals surface area contributed by atoms with Crippen LogP contribution < -0.4 is 10.1 Å². The summed E-state index contributed by atoms with van der Waals surface area (Å²) in [5, 5.41) is 2.76. The van der Waals surface area contributed by atoms with E-state index >= 15 is 0 Å². The van der Waals surface area contributed by atoms with E-state index in [1.54, 1.807) is 25.3 Å². The van der Waals surface area contributed by atoms with Crippen LogP contribution in [0.1, 0.15) is 10.4 Å². The lowest BCUT2D eigenvalue weighted by Crippen LogP contribution is -2.12. The van der Waals surface area contributed by atoms with Crippen LogP contribution >= 0.6 is 31.9 Å². The number of anilines is 1. The number of amides is 1. The number of benzene rings is 1. The number of methoxy groups -OCH3 is 1. The van der Waals surface area contributed by atoms with E-state index in [1.165, 1.54) is 6.26 Å². The highest BCUT2D eigenvalue weighted by Crippen LogP contribution is 2.29. The summed E-state index contributed by atoms with van der Waals surface area (Å²) in [5.41, 5.74) is 1.02. The minimum atomic E-state index is -0.271. The van der Waals surface area contributed by atoms with Crippen LogP contribution in [0, 0.1) is 0 Å². The maximum atomic E-state index is 12.0. The highest BCUT2D eigenvalue weighted by molar-refractivity contribution is 9.10. The van der Waals surface area contributed by atoms with Gasteiger partial charge in [0.05, 0.1) is 24.6 Å². The third kappa shape index (κ3) is 2.76. The van der Waals surface area contributed by atoms with E-state index in [4.69, 9.17) is 9.15 Å². The minimum Gasteiger partial charge on any atom is -0.495 e. The van der Waals surface area contributed by atoms with Gasteiger partial charge in [0.15, 0.2) is 4.67 Å². The molecule has 0 aliphatic carbocycles. The SMILES string of the molecule is COc1ccc(Br)cc1NC(=O)c1ccoc1Br. The van der Waals surface area contributed by atoms with Gasteiger partial charge in [0.1, 0.15) is 5.75 Å². The Bertz CT molecular complexity index is 580. The first-order valence-corrected chi connectivity index (χ1v) is 6.58. The van der Waals surface area contributed by atoms with Crippen molar-refractivity contribution in [2.45, 2.75) is 0 Å². The summed E-state index contributed by atoms with van der Waals surface area (Å²) in [4.78, 5) is 12.0. The average Bonchev–Trinajstić information content (AvgIpc) is 2.76. The quantitative estimate of drug-likeness (QED) is 0.881. The monoisotopic (exact) mass is 373 g/mol. The summed E-state index contributed by atoms with van der Waals surface area (Å²) in [5.74, 6) is 0.318. The van der Waals surface area contributed by atoms with E-state index in [-0.39, 0.29) is 5.91 Å². The van der Waals surface area contributed by atoms with Crippen molar-refractivity contribution in [2.75, 3.05) is 12.4 Å². The maximum absolute atomic E-state index is 12.0. The van der Waals surface area contributed by atoms with E-state index in [9.17, 15) is 4.79 Å². The fourth-order valence-electron chi connectivity index (χ4n) is 1.42. The molecule has 0 atom stereocenters. The zero-order valence-corrected chi connectivity index (χ0v) is 12.5. The largest absolute Gasteiger partial charge is 0.495 e. The molecule has 1 heterocycles. The Kier molecular flexibility index (Phi) is 4.08. The molecule has 2 rings (SSSR count). The standard InChI is InChI=1S/C12H9Br2NO3/c1-17-10-3-2-7(13)6-9(10)15-12(16)8-4-5-18-11(8)14/h2-6H,1H3,(H,15,16). The van der Waals surface area contributed by atoms with Gasteiger partial charge in [-0.05, 0) is 40.2 Å². The van der Waals surface area contributed by atoms with E-state index in [2.05, 4.69) is 37.2 Å². The number of carbonyl (C=O) groups is 1. The van der Waals surface area contributed by atoms with Crippen molar-refractivity contribution >= 4 is 43.5 Å². The number of rotatable bonds is 3. The average molecular weight is 375 g/mol. The zero-order valence-electron chi connectivity index (χ0n) is 9.37. The van der Waals surface area contributed by atoms with Gasteiger partial charge in [-0.1, -0.05) is 15.9 Å². The molecule has 0 radical (unpaired) electrons. The second-order valence-corrected chi connectivity index (χ2v) is 5.04. The van der Waals surface area contributed by atoms with Gasteiger partial charge in [-0.25, -0.2) is 0 Å². The summed E-state index contributed by atoms with van der Waals surface area (Å²) >= 11 is 6.51. The molecule has 0 unspecified atom stereocenters. The molecule has 1 aromatic carbocycles. The summed E-state index contributed by atoms with van der Waals surface area (Å²) in [6, 6.07) is 6.96. The lowest BCUT2D eigenvalue weighted by atomic mass is 10.2. The Morgan fingerprint density at radius 2 is 2.11 bits per heavy atom. The molecule has 0 bridgehead atoms. The number of furan rings is 1. The summed E-state index contributed by atoms with van der Waals surface area (Å²) < 4.78 is 11.4. The van der Waals surface area contributed by atoms with Gasteiger partial charge in [0.25, 0.3) is 5.91 Å². The fourth-order valence-corrected chi connectivity index (χ4v) is 2.20. The predicted octanol–water partition coefficient (Wildman–Crippen LogP) is 4.07. The van der Waals surface area contributed by atoms with Crippen molar-refractivity contribution in [2.24, 2.45) is 0 Å². The molecule has 0 saturated heterocycles. The molecule has 0 fully saturated rings. The van der Waals surface area contributed by atoms with Gasteiger partial charge in [-0.2, -0.15) is 0 Å². The third-order valence-corrected chi connectivity index (χ3v) is 3.38. The summed E-state index contributed by atoms with van der Waals surface area (Å²) in [6.07, 6.45) is 1.44. The van der Waals surface area contributed by atoms with E-state index in [0.717, 1.165) is 4.47 Å². The van der Waals surface area contributed by atoms with Gasteiger partial charge in [0.2, 0.25) is 0 Å². The molecule has 0 aliphatic heterocycles. The van der Waals surface area contributed by atoms with Crippen LogP contribution in [0.15, 0.2) is 44.1 Å². The van der Waals surface area contributed by atoms with Gasteiger partial charge < -0.3 is 14.5 Å². The molecule has 1 N–H and O–H groups in total. The Morgan fingerprint density at radius 1 is 1.33 bits per heavy atom. The van der Waals surface area contributed by atoms with E-state index in [1.807, 2.05) is 6.07 Å². The Morgan fingerprint density at radius 3 is 2.72 bits per heavy atom. The lowest BCUT2D eigenvalue weighted by molar-refractivity contribution is 0.102. The lowest BCUT2D eigenvalue weighted by Gasteiger charge is -2.09. The fraction of sp³-hybridized carbons (Fsp3) is 0.0833. The predicted molar refractivity (Wildman–Crippen MR) is 75.1 cm³/mol. The highest BCUT2D eigenvalue weighted by atomic mass is 79.9. The highest BCUT2D eigenvalue weighted by Gasteiger charge is 2.14. The van der Waals surface area contributed by atoms with Crippen LogP contribution in [0.25, 0.3) is 0 Å². The molecule has 0 aliphatic rings. The molecule has 2 aromatic rings. The van der Waals surface area contributed by atoms with Gasteiger partial charge >= 0.3 is 0 Å². The van der Waals surface area contributed by atoms with Gasteiger partial charge in [-0.15, -0.1) is 0 Å². The van der Waals surface area contributed by atoms with Crippen LogP contribution in [0.4, 0.5) is 5.69 Å². The van der Waals surface area contributed by atoms with Crippen molar-refractivity contribution in [1.29, 1.82) is 0 Å². The van der Waals surface area contributed by atoms with Crippen molar-refractivity contribution in [3.05, 3.63) is 45.2 Å². The molecular weight excluding hydrogens is 366 g/mol. The Labute approximate surface area is 121 Å². The van der Waals surface area contributed by atoms with E-state index in [0.29, 0.717) is 21.7 Å². The first-order valence-electron chi connectivity index (χ1n) is 4.99. The zero-order chi connectivity index (χ0) is 13.1. The molecule has 0 spiro atoms. The van der Waals surface area contributed by atoms with E-state index < -0.39 is 0 Å². The Hall–Kier alpha value is -1.27.